The Labute approximate surface area is 105 Å². The molecule has 1 aromatic heterocycles. The lowest BCUT2D eigenvalue weighted by Gasteiger charge is -2.23. The standard InChI is InChI=1S/C13H16N4O/c18-13(15-9-5-7-14-8-6-9)12-16-10-3-1-2-4-11(10)17-12/h1-4,9,14H,5-8H2,(H,15,18)(H,16,17). The molecule has 94 valence electrons. The molecule has 1 amide bonds. The van der Waals surface area contributed by atoms with Crippen molar-refractivity contribution >= 4 is 16.9 Å². The van der Waals surface area contributed by atoms with E-state index in [1.165, 1.54) is 0 Å². The summed E-state index contributed by atoms with van der Waals surface area (Å²) in [5.74, 6) is 0.285. The number of aromatic nitrogens is 2. The molecule has 3 rings (SSSR count). The van der Waals surface area contributed by atoms with Gasteiger partial charge in [-0.2, -0.15) is 0 Å². The van der Waals surface area contributed by atoms with E-state index in [9.17, 15) is 4.79 Å². The van der Waals surface area contributed by atoms with E-state index < -0.39 is 0 Å². The lowest BCUT2D eigenvalue weighted by Crippen LogP contribution is -2.43. The first-order valence-corrected chi connectivity index (χ1v) is 6.29. The maximum absolute atomic E-state index is 12.1. The van der Waals surface area contributed by atoms with Crippen LogP contribution in [0.15, 0.2) is 24.3 Å². The van der Waals surface area contributed by atoms with Crippen LogP contribution >= 0.6 is 0 Å². The largest absolute Gasteiger partial charge is 0.347 e. The Hall–Kier alpha value is -1.88. The highest BCUT2D eigenvalue weighted by Crippen LogP contribution is 2.11. The average molecular weight is 244 g/mol. The highest BCUT2D eigenvalue weighted by atomic mass is 16.2. The van der Waals surface area contributed by atoms with Gasteiger partial charge >= 0.3 is 0 Å². The summed E-state index contributed by atoms with van der Waals surface area (Å²) in [7, 11) is 0. The molecule has 0 atom stereocenters. The zero-order valence-corrected chi connectivity index (χ0v) is 10.1. The molecule has 1 aromatic carbocycles. The summed E-state index contributed by atoms with van der Waals surface area (Å²) in [5.41, 5.74) is 1.72. The van der Waals surface area contributed by atoms with E-state index in [1.807, 2.05) is 24.3 Å². The average Bonchev–Trinajstić information content (AvgIpc) is 2.84. The van der Waals surface area contributed by atoms with Crippen molar-refractivity contribution in [3.63, 3.8) is 0 Å². The van der Waals surface area contributed by atoms with Crippen LogP contribution in [0.25, 0.3) is 11.0 Å². The van der Waals surface area contributed by atoms with Gasteiger partial charge in [0.1, 0.15) is 0 Å². The zero-order chi connectivity index (χ0) is 12.4. The molecule has 1 saturated heterocycles. The first-order valence-electron chi connectivity index (χ1n) is 6.29. The number of carbonyl (C=O) groups is 1. The van der Waals surface area contributed by atoms with Crippen molar-refractivity contribution in [2.24, 2.45) is 0 Å². The molecule has 5 nitrogen and oxygen atoms in total. The number of amides is 1. The van der Waals surface area contributed by atoms with E-state index in [1.54, 1.807) is 0 Å². The second-order valence-electron chi connectivity index (χ2n) is 4.60. The topological polar surface area (TPSA) is 69.8 Å². The summed E-state index contributed by atoms with van der Waals surface area (Å²) in [4.78, 5) is 19.4. The van der Waals surface area contributed by atoms with E-state index >= 15 is 0 Å². The maximum atomic E-state index is 12.1. The Morgan fingerprint density at radius 2 is 2.06 bits per heavy atom. The molecule has 0 unspecified atom stereocenters. The number of para-hydroxylation sites is 2. The van der Waals surface area contributed by atoms with E-state index in [0.717, 1.165) is 37.0 Å². The Morgan fingerprint density at radius 1 is 1.28 bits per heavy atom. The highest BCUT2D eigenvalue weighted by molar-refractivity contribution is 5.94. The minimum Gasteiger partial charge on any atom is -0.347 e. The first-order chi connectivity index (χ1) is 8.83. The van der Waals surface area contributed by atoms with Gasteiger partial charge in [-0.15, -0.1) is 0 Å². The van der Waals surface area contributed by atoms with Crippen LogP contribution < -0.4 is 10.6 Å². The highest BCUT2D eigenvalue weighted by Gasteiger charge is 2.18. The van der Waals surface area contributed by atoms with Crippen LogP contribution in [0.1, 0.15) is 23.5 Å². The van der Waals surface area contributed by atoms with Gasteiger partial charge in [0.2, 0.25) is 0 Å². The van der Waals surface area contributed by atoms with Crippen LogP contribution in [0.4, 0.5) is 0 Å². The van der Waals surface area contributed by atoms with Gasteiger partial charge in [-0.3, -0.25) is 4.79 Å². The molecule has 2 heterocycles. The number of nitrogens with zero attached hydrogens (tertiary/aromatic N) is 1. The zero-order valence-electron chi connectivity index (χ0n) is 10.1. The second kappa shape index (κ2) is 4.78. The monoisotopic (exact) mass is 244 g/mol. The fourth-order valence-corrected chi connectivity index (χ4v) is 2.28. The van der Waals surface area contributed by atoms with E-state index in [4.69, 9.17) is 0 Å². The molecule has 3 N–H and O–H groups in total. The van der Waals surface area contributed by atoms with Gasteiger partial charge in [-0.05, 0) is 38.1 Å². The van der Waals surface area contributed by atoms with Crippen LogP contribution in [0.3, 0.4) is 0 Å². The van der Waals surface area contributed by atoms with Gasteiger partial charge in [0.05, 0.1) is 11.0 Å². The Bertz CT molecular complexity index is 524. The number of carbonyl (C=O) groups excluding carboxylic acids is 1. The molecule has 1 aliphatic heterocycles. The van der Waals surface area contributed by atoms with Crippen molar-refractivity contribution < 1.29 is 4.79 Å². The lowest BCUT2D eigenvalue weighted by molar-refractivity contribution is 0.0920. The summed E-state index contributed by atoms with van der Waals surface area (Å²) >= 11 is 0. The predicted molar refractivity (Wildman–Crippen MR) is 69.5 cm³/mol. The van der Waals surface area contributed by atoms with Crippen molar-refractivity contribution in [3.05, 3.63) is 30.1 Å². The van der Waals surface area contributed by atoms with Crippen LogP contribution in [-0.2, 0) is 0 Å². The predicted octanol–water partition coefficient (Wildman–Crippen LogP) is 1.04. The van der Waals surface area contributed by atoms with Crippen LogP contribution in [0, 0.1) is 0 Å². The molecule has 18 heavy (non-hydrogen) atoms. The number of piperidine rings is 1. The fourth-order valence-electron chi connectivity index (χ4n) is 2.28. The second-order valence-corrected chi connectivity index (χ2v) is 4.60. The van der Waals surface area contributed by atoms with Gasteiger partial charge < -0.3 is 15.6 Å². The molecule has 1 fully saturated rings. The summed E-state index contributed by atoms with van der Waals surface area (Å²) in [5, 5.41) is 6.30. The maximum Gasteiger partial charge on any atom is 0.287 e. The minimum absolute atomic E-state index is 0.113. The Balaban J connectivity index is 1.74. The fraction of sp³-hybridized carbons (Fsp3) is 0.385. The summed E-state index contributed by atoms with van der Waals surface area (Å²) in [6.45, 7) is 1.93. The normalized spacial score (nSPS) is 16.9. The number of hydrogen-bond acceptors (Lipinski definition) is 3. The lowest BCUT2D eigenvalue weighted by atomic mass is 10.1. The molecular weight excluding hydrogens is 228 g/mol. The molecule has 1 aliphatic rings. The van der Waals surface area contributed by atoms with E-state index in [0.29, 0.717) is 5.82 Å². The molecule has 0 saturated carbocycles. The molecular formula is C13H16N4O. The quantitative estimate of drug-likeness (QED) is 0.739. The SMILES string of the molecule is O=C(NC1CCNCC1)c1nc2ccccc2[nH]1. The van der Waals surface area contributed by atoms with Gasteiger partial charge in [-0.25, -0.2) is 4.98 Å². The molecule has 0 bridgehead atoms. The Morgan fingerprint density at radius 3 is 2.83 bits per heavy atom. The van der Waals surface area contributed by atoms with Crippen molar-refractivity contribution in [1.29, 1.82) is 0 Å². The number of H-pyrrole nitrogens is 1. The third-order valence-corrected chi connectivity index (χ3v) is 3.28. The third kappa shape index (κ3) is 2.22. The number of aromatic amines is 1. The van der Waals surface area contributed by atoms with Crippen LogP contribution in [-0.4, -0.2) is 35.0 Å². The van der Waals surface area contributed by atoms with Crippen molar-refractivity contribution in [1.82, 2.24) is 20.6 Å². The molecule has 5 heteroatoms. The van der Waals surface area contributed by atoms with Crippen molar-refractivity contribution in [2.75, 3.05) is 13.1 Å². The minimum atomic E-state index is -0.113. The molecule has 0 spiro atoms. The van der Waals surface area contributed by atoms with Gasteiger partial charge in [-0.1, -0.05) is 12.1 Å². The number of rotatable bonds is 2. The smallest absolute Gasteiger partial charge is 0.287 e. The van der Waals surface area contributed by atoms with Crippen LogP contribution in [0.2, 0.25) is 0 Å². The summed E-state index contributed by atoms with van der Waals surface area (Å²) < 4.78 is 0. The number of imidazole rings is 1. The van der Waals surface area contributed by atoms with Gasteiger partial charge in [0, 0.05) is 6.04 Å². The first kappa shape index (κ1) is 11.2. The van der Waals surface area contributed by atoms with Crippen LogP contribution in [0.5, 0.6) is 0 Å². The Kier molecular flexibility index (Phi) is 2.98. The van der Waals surface area contributed by atoms with Gasteiger partial charge in [0.25, 0.3) is 5.91 Å². The molecule has 2 aromatic rings. The molecule has 0 aliphatic carbocycles. The van der Waals surface area contributed by atoms with Gasteiger partial charge in [0.15, 0.2) is 5.82 Å². The van der Waals surface area contributed by atoms with Crippen molar-refractivity contribution in [3.8, 4) is 0 Å². The van der Waals surface area contributed by atoms with Crippen molar-refractivity contribution in [2.45, 2.75) is 18.9 Å². The summed E-state index contributed by atoms with van der Waals surface area (Å²) in [6, 6.07) is 7.91. The number of fused-ring (bicyclic) bond motifs is 1. The number of nitrogens with one attached hydrogen (secondary N) is 3. The summed E-state index contributed by atoms with van der Waals surface area (Å²) in [6.07, 6.45) is 1.96. The number of hydrogen-bond donors (Lipinski definition) is 3. The molecule has 0 radical (unpaired) electrons. The number of benzene rings is 1. The third-order valence-electron chi connectivity index (χ3n) is 3.28. The van der Waals surface area contributed by atoms with E-state index in [-0.39, 0.29) is 11.9 Å². The van der Waals surface area contributed by atoms with E-state index in [2.05, 4.69) is 20.6 Å².